The van der Waals surface area contributed by atoms with Gasteiger partial charge in [0.05, 0.1) is 19.6 Å². The number of likely N-dealkylation sites (tertiary alicyclic amines) is 1. The van der Waals surface area contributed by atoms with Crippen LogP contribution < -0.4 is 10.6 Å². The van der Waals surface area contributed by atoms with Crippen molar-refractivity contribution in [1.29, 1.82) is 0 Å². The molecular weight excluding hydrogens is 397 g/mol. The highest BCUT2D eigenvalue weighted by atomic mass is 127. The molecular formula is C14H26IN5O2. The first-order chi connectivity index (χ1) is 9.93. The molecule has 2 saturated heterocycles. The number of nitrogens with one attached hydrogen (secondary N) is 2. The highest BCUT2D eigenvalue weighted by Gasteiger charge is 2.31. The summed E-state index contributed by atoms with van der Waals surface area (Å²) >= 11 is 0. The normalized spacial score (nSPS) is 21.0. The number of hydrogen-bond acceptors (Lipinski definition) is 3. The monoisotopic (exact) mass is 423 g/mol. The first-order valence-corrected chi connectivity index (χ1v) is 7.54. The summed E-state index contributed by atoms with van der Waals surface area (Å²) in [6.45, 7) is 10.2. The molecule has 0 atom stereocenters. The standard InChI is InChI=1S/C14H25N5O2.HI/c1-4-15-12(18-7-5-14(2,3)10-18)16-6-8-19-11(20)9-17-13(19)21;/h4-10H2,1-3H3,(H,15,16)(H,17,21);1H. The fraction of sp³-hybridized carbons (Fsp3) is 0.786. The lowest BCUT2D eigenvalue weighted by Crippen LogP contribution is -2.41. The summed E-state index contributed by atoms with van der Waals surface area (Å²) in [6, 6.07) is -0.317. The van der Waals surface area contributed by atoms with Gasteiger partial charge in [0, 0.05) is 19.6 Å². The third-order valence-electron chi connectivity index (χ3n) is 3.83. The van der Waals surface area contributed by atoms with E-state index in [-0.39, 0.29) is 42.5 Å². The summed E-state index contributed by atoms with van der Waals surface area (Å²) in [6.07, 6.45) is 1.14. The molecule has 0 aromatic rings. The van der Waals surface area contributed by atoms with Crippen molar-refractivity contribution in [2.24, 2.45) is 10.4 Å². The van der Waals surface area contributed by atoms with E-state index in [4.69, 9.17) is 0 Å². The zero-order valence-corrected chi connectivity index (χ0v) is 15.8. The summed E-state index contributed by atoms with van der Waals surface area (Å²) in [5, 5.41) is 5.79. The first-order valence-electron chi connectivity index (χ1n) is 7.54. The lowest BCUT2D eigenvalue weighted by Gasteiger charge is -2.24. The lowest BCUT2D eigenvalue weighted by atomic mass is 9.93. The summed E-state index contributed by atoms with van der Waals surface area (Å²) in [4.78, 5) is 31.0. The lowest BCUT2D eigenvalue weighted by molar-refractivity contribution is -0.124. The number of hydrogen-bond donors (Lipinski definition) is 2. The number of rotatable bonds is 4. The molecule has 0 radical (unpaired) electrons. The van der Waals surface area contributed by atoms with Crippen molar-refractivity contribution < 1.29 is 9.59 Å². The van der Waals surface area contributed by atoms with Gasteiger partial charge in [-0.3, -0.25) is 14.7 Å². The SMILES string of the molecule is CCNC(=NCCN1C(=O)CNC1=O)N1CCC(C)(C)C1.I. The molecule has 8 heteroatoms. The van der Waals surface area contributed by atoms with Crippen molar-refractivity contribution in [3.63, 3.8) is 0 Å². The van der Waals surface area contributed by atoms with Crippen LogP contribution in [0.1, 0.15) is 27.2 Å². The molecule has 0 saturated carbocycles. The smallest absolute Gasteiger partial charge is 0.324 e. The van der Waals surface area contributed by atoms with Crippen molar-refractivity contribution >= 4 is 41.9 Å². The second-order valence-electron chi connectivity index (χ2n) is 6.28. The van der Waals surface area contributed by atoms with Gasteiger partial charge in [-0.2, -0.15) is 0 Å². The van der Waals surface area contributed by atoms with Gasteiger partial charge in [0.2, 0.25) is 5.91 Å². The highest BCUT2D eigenvalue weighted by Crippen LogP contribution is 2.28. The van der Waals surface area contributed by atoms with Gasteiger partial charge in [0.1, 0.15) is 0 Å². The van der Waals surface area contributed by atoms with Crippen LogP contribution in [0.5, 0.6) is 0 Å². The number of urea groups is 1. The van der Waals surface area contributed by atoms with Crippen LogP contribution in [-0.2, 0) is 4.79 Å². The van der Waals surface area contributed by atoms with Crippen LogP contribution in [0.15, 0.2) is 4.99 Å². The van der Waals surface area contributed by atoms with Gasteiger partial charge >= 0.3 is 6.03 Å². The molecule has 0 spiro atoms. The summed E-state index contributed by atoms with van der Waals surface area (Å²) in [5.41, 5.74) is 0.307. The zero-order valence-electron chi connectivity index (χ0n) is 13.5. The average Bonchev–Trinajstić information content (AvgIpc) is 2.93. The minimum Gasteiger partial charge on any atom is -0.357 e. The second-order valence-corrected chi connectivity index (χ2v) is 6.28. The Hall–Kier alpha value is -1.06. The maximum Gasteiger partial charge on any atom is 0.324 e. The average molecular weight is 423 g/mol. The number of nitrogens with zero attached hydrogens (tertiary/aromatic N) is 3. The van der Waals surface area contributed by atoms with Crippen molar-refractivity contribution in [2.45, 2.75) is 27.2 Å². The predicted molar refractivity (Wildman–Crippen MR) is 96.5 cm³/mol. The maximum absolute atomic E-state index is 11.5. The van der Waals surface area contributed by atoms with E-state index >= 15 is 0 Å². The van der Waals surface area contributed by atoms with E-state index in [2.05, 4.69) is 34.4 Å². The zero-order chi connectivity index (χ0) is 15.5. The van der Waals surface area contributed by atoms with E-state index in [0.29, 0.717) is 18.5 Å². The number of carbonyl (C=O) groups is 2. The number of amides is 3. The van der Waals surface area contributed by atoms with Crippen molar-refractivity contribution in [3.05, 3.63) is 0 Å². The quantitative estimate of drug-likeness (QED) is 0.304. The van der Waals surface area contributed by atoms with Crippen LogP contribution in [0.4, 0.5) is 4.79 Å². The third kappa shape index (κ3) is 4.72. The van der Waals surface area contributed by atoms with Crippen molar-refractivity contribution in [3.8, 4) is 0 Å². The van der Waals surface area contributed by atoms with Gasteiger partial charge in [-0.25, -0.2) is 4.79 Å². The fourth-order valence-corrected chi connectivity index (χ4v) is 2.66. The van der Waals surface area contributed by atoms with Crippen LogP contribution in [-0.4, -0.2) is 67.0 Å². The van der Waals surface area contributed by atoms with Gasteiger partial charge in [-0.15, -0.1) is 24.0 Å². The van der Waals surface area contributed by atoms with Crippen LogP contribution in [0.25, 0.3) is 0 Å². The van der Waals surface area contributed by atoms with Gasteiger partial charge in [-0.05, 0) is 18.8 Å². The number of halogens is 1. The number of imide groups is 1. The van der Waals surface area contributed by atoms with Crippen molar-refractivity contribution in [2.75, 3.05) is 39.3 Å². The molecule has 0 aromatic carbocycles. The second kappa shape index (κ2) is 7.98. The van der Waals surface area contributed by atoms with E-state index in [1.807, 2.05) is 6.92 Å². The van der Waals surface area contributed by atoms with Crippen LogP contribution in [0.2, 0.25) is 0 Å². The minimum absolute atomic E-state index is 0. The van der Waals surface area contributed by atoms with Crippen molar-refractivity contribution in [1.82, 2.24) is 20.4 Å². The molecule has 2 aliphatic rings. The predicted octanol–water partition coefficient (Wildman–Crippen LogP) is 0.854. The first kappa shape index (κ1) is 19.0. The molecule has 2 N–H and O–H groups in total. The molecule has 0 aliphatic carbocycles. The number of carbonyl (C=O) groups excluding carboxylic acids is 2. The molecule has 7 nitrogen and oxygen atoms in total. The van der Waals surface area contributed by atoms with Gasteiger partial charge < -0.3 is 15.5 Å². The fourth-order valence-electron chi connectivity index (χ4n) is 2.66. The Morgan fingerprint density at radius 2 is 2.14 bits per heavy atom. The van der Waals surface area contributed by atoms with E-state index in [1.54, 1.807) is 0 Å². The third-order valence-corrected chi connectivity index (χ3v) is 3.83. The Bertz CT molecular complexity index is 437. The molecule has 0 unspecified atom stereocenters. The molecule has 2 rings (SSSR count). The summed E-state index contributed by atoms with van der Waals surface area (Å²) in [7, 11) is 0. The number of guanidine groups is 1. The van der Waals surface area contributed by atoms with E-state index < -0.39 is 0 Å². The minimum atomic E-state index is -0.317. The van der Waals surface area contributed by atoms with E-state index in [0.717, 1.165) is 32.0 Å². The molecule has 3 amide bonds. The Morgan fingerprint density at radius 3 is 2.64 bits per heavy atom. The summed E-state index contributed by atoms with van der Waals surface area (Å²) < 4.78 is 0. The molecule has 2 fully saturated rings. The molecule has 2 aliphatic heterocycles. The highest BCUT2D eigenvalue weighted by molar-refractivity contribution is 14.0. The topological polar surface area (TPSA) is 77.0 Å². The molecule has 0 aromatic heterocycles. The van der Waals surface area contributed by atoms with Gasteiger partial charge in [-0.1, -0.05) is 13.8 Å². The molecule has 2 heterocycles. The van der Waals surface area contributed by atoms with Gasteiger partial charge in [0.25, 0.3) is 0 Å². The number of aliphatic imine (C=N–C) groups is 1. The Labute approximate surface area is 148 Å². The van der Waals surface area contributed by atoms with Crippen LogP contribution in [0.3, 0.4) is 0 Å². The van der Waals surface area contributed by atoms with E-state index in [1.165, 1.54) is 4.90 Å². The molecule has 0 bridgehead atoms. The molecule has 22 heavy (non-hydrogen) atoms. The van der Waals surface area contributed by atoms with Gasteiger partial charge in [0.15, 0.2) is 5.96 Å². The van der Waals surface area contributed by atoms with Crippen LogP contribution >= 0.6 is 24.0 Å². The maximum atomic E-state index is 11.5. The Balaban J connectivity index is 0.00000242. The summed E-state index contributed by atoms with van der Waals surface area (Å²) in [5.74, 6) is 0.692. The largest absolute Gasteiger partial charge is 0.357 e. The van der Waals surface area contributed by atoms with E-state index in [9.17, 15) is 9.59 Å². The molecule has 126 valence electrons. The Morgan fingerprint density at radius 1 is 1.41 bits per heavy atom. The van der Waals surface area contributed by atoms with Crippen LogP contribution in [0, 0.1) is 5.41 Å². The Kier molecular flexibility index (Phi) is 6.89.